The van der Waals surface area contributed by atoms with Crippen LogP contribution in [0.1, 0.15) is 46.4 Å². The number of hydrogen-bond acceptors (Lipinski definition) is 15. The molecule has 0 spiro atoms. The minimum atomic E-state index is -0.927. The predicted octanol–water partition coefficient (Wildman–Crippen LogP) is 6.25. The Kier molecular flexibility index (Phi) is 11.9. The number of rotatable bonds is 16. The maximum absolute atomic E-state index is 13.4. The lowest BCUT2D eigenvalue weighted by Crippen LogP contribution is -2.71. The smallest absolute Gasteiger partial charge is 0.203 e. The SMILES string of the molecule is COc1cc(C2C3C(O)C4C(c5cc(OC)c(OC)c(OC)c5)N2CN(C3c2cc(OC)c(OC)c(OC)c2)C4c2cc(OC)c(OC)c(OC)c2)cc(OC)c1OC. The van der Waals surface area contributed by atoms with Crippen molar-refractivity contribution in [3.8, 4) is 69.0 Å². The summed E-state index contributed by atoms with van der Waals surface area (Å²) in [7, 11) is 19.1. The Morgan fingerprint density at radius 2 is 0.525 bits per heavy atom. The van der Waals surface area contributed by atoms with Gasteiger partial charge in [-0.1, -0.05) is 0 Å². The van der Waals surface area contributed by atoms with Gasteiger partial charge in [-0.15, -0.1) is 0 Å². The fourth-order valence-electron chi connectivity index (χ4n) is 9.86. The summed E-state index contributed by atoms with van der Waals surface area (Å²) in [5.74, 6) is 4.96. The van der Waals surface area contributed by atoms with Gasteiger partial charge in [-0.2, -0.15) is 0 Å². The van der Waals surface area contributed by atoms with Gasteiger partial charge >= 0.3 is 0 Å². The van der Waals surface area contributed by atoms with Gasteiger partial charge in [0.15, 0.2) is 46.0 Å². The van der Waals surface area contributed by atoms with Gasteiger partial charge in [-0.05, 0) is 70.8 Å². The molecule has 4 bridgehead atoms. The number of hydrogen-bond donors (Lipinski definition) is 1. The van der Waals surface area contributed by atoms with E-state index in [1.165, 1.54) is 0 Å². The standard InChI is InChI=1S/C44H54N2O13/c1-48-26-13-22(14-27(49-2)41(26)56-9)36-34-37(23-15-28(50-3)42(57-10)29(16-23)51-4)46-21-45(36)38(24-17-30(52-5)43(58-11)31(18-24)53-6)35(40(34)47)39(46)25-19-32(54-7)44(59-12)33(20-25)55-8/h13-20,34-40,47H,21H2,1-12H3. The van der Waals surface area contributed by atoms with Crippen LogP contribution in [0.4, 0.5) is 0 Å². The highest BCUT2D eigenvalue weighted by atomic mass is 16.5. The van der Waals surface area contributed by atoms with E-state index in [-0.39, 0.29) is 0 Å². The van der Waals surface area contributed by atoms with E-state index in [0.29, 0.717) is 75.7 Å². The Labute approximate surface area is 345 Å². The molecule has 4 fully saturated rings. The summed E-state index contributed by atoms with van der Waals surface area (Å²) in [6.45, 7) is 0.436. The molecule has 15 heteroatoms. The fourth-order valence-corrected chi connectivity index (χ4v) is 9.86. The van der Waals surface area contributed by atoms with Crippen LogP contribution in [0.15, 0.2) is 48.5 Å². The van der Waals surface area contributed by atoms with Gasteiger partial charge in [0.05, 0.1) is 98.1 Å². The monoisotopic (exact) mass is 818 g/mol. The number of ether oxygens (including phenoxy) is 12. The van der Waals surface area contributed by atoms with Crippen molar-refractivity contribution in [1.82, 2.24) is 9.80 Å². The highest BCUT2D eigenvalue weighted by Crippen LogP contribution is 2.67. The molecule has 0 aromatic heterocycles. The van der Waals surface area contributed by atoms with Crippen LogP contribution < -0.4 is 56.8 Å². The van der Waals surface area contributed by atoms with Crippen LogP contribution in [0.5, 0.6) is 69.0 Å². The van der Waals surface area contributed by atoms with E-state index >= 15 is 0 Å². The Balaban J connectivity index is 1.55. The highest BCUT2D eigenvalue weighted by Gasteiger charge is 2.65. The second-order valence-electron chi connectivity index (χ2n) is 14.4. The third kappa shape index (κ3) is 6.55. The summed E-state index contributed by atoms with van der Waals surface area (Å²) < 4.78 is 70.2. The molecule has 0 aliphatic carbocycles. The van der Waals surface area contributed by atoms with Crippen molar-refractivity contribution in [3.63, 3.8) is 0 Å². The third-order valence-electron chi connectivity index (χ3n) is 12.1. The minimum Gasteiger partial charge on any atom is -0.493 e. The van der Waals surface area contributed by atoms with Crippen molar-refractivity contribution in [3.05, 3.63) is 70.8 Å². The van der Waals surface area contributed by atoms with Gasteiger partial charge in [0.2, 0.25) is 23.0 Å². The first-order chi connectivity index (χ1) is 28.6. The molecule has 4 aliphatic rings. The number of aliphatic hydroxyl groups is 1. The first-order valence-electron chi connectivity index (χ1n) is 19.0. The van der Waals surface area contributed by atoms with Crippen LogP contribution in [0.25, 0.3) is 0 Å². The van der Waals surface area contributed by atoms with Crippen LogP contribution in [-0.4, -0.2) is 113 Å². The molecule has 4 unspecified atom stereocenters. The number of nitrogens with zero attached hydrogens (tertiary/aromatic N) is 2. The van der Waals surface area contributed by atoms with Crippen LogP contribution >= 0.6 is 0 Å². The van der Waals surface area contributed by atoms with E-state index in [2.05, 4.69) is 9.80 Å². The van der Waals surface area contributed by atoms with E-state index in [4.69, 9.17) is 56.8 Å². The van der Waals surface area contributed by atoms with Gasteiger partial charge in [0.25, 0.3) is 0 Å². The van der Waals surface area contributed by atoms with Gasteiger partial charge in [-0.25, -0.2) is 0 Å². The van der Waals surface area contributed by atoms with Gasteiger partial charge in [0.1, 0.15) is 0 Å². The van der Waals surface area contributed by atoms with Gasteiger partial charge in [-0.3, -0.25) is 9.80 Å². The molecule has 4 aromatic carbocycles. The second-order valence-corrected chi connectivity index (χ2v) is 14.4. The predicted molar refractivity (Wildman–Crippen MR) is 217 cm³/mol. The van der Waals surface area contributed by atoms with E-state index in [9.17, 15) is 5.11 Å². The molecular formula is C44H54N2O13. The molecule has 0 saturated carbocycles. The lowest BCUT2D eigenvalue weighted by atomic mass is 9.59. The van der Waals surface area contributed by atoms with Crippen molar-refractivity contribution in [2.75, 3.05) is 92.0 Å². The molecule has 8 rings (SSSR count). The molecule has 4 aromatic rings. The Bertz CT molecular complexity index is 1770. The van der Waals surface area contributed by atoms with Crippen LogP contribution in [0.3, 0.4) is 0 Å². The average molecular weight is 819 g/mol. The van der Waals surface area contributed by atoms with Gasteiger partial charge < -0.3 is 61.9 Å². The summed E-state index contributed by atoms with van der Waals surface area (Å²) >= 11 is 0. The Hall–Kier alpha value is -5.64. The molecule has 4 heterocycles. The van der Waals surface area contributed by atoms with E-state index in [1.807, 2.05) is 48.5 Å². The lowest BCUT2D eigenvalue weighted by Gasteiger charge is -2.69. The first-order valence-corrected chi connectivity index (χ1v) is 19.0. The van der Waals surface area contributed by atoms with Gasteiger partial charge in [0, 0.05) is 36.0 Å². The van der Waals surface area contributed by atoms with E-state index < -0.39 is 42.1 Å². The zero-order valence-corrected chi connectivity index (χ0v) is 35.6. The number of benzene rings is 4. The first kappa shape index (κ1) is 41.5. The zero-order chi connectivity index (χ0) is 42.3. The molecule has 59 heavy (non-hydrogen) atoms. The summed E-state index contributed by atoms with van der Waals surface area (Å²) in [6, 6.07) is 14.1. The maximum atomic E-state index is 13.4. The quantitative estimate of drug-likeness (QED) is 0.136. The zero-order valence-electron chi connectivity index (χ0n) is 35.6. The third-order valence-corrected chi connectivity index (χ3v) is 12.1. The molecule has 4 saturated heterocycles. The second kappa shape index (κ2) is 16.9. The van der Waals surface area contributed by atoms with Crippen molar-refractivity contribution < 1.29 is 61.9 Å². The molecule has 0 radical (unpaired) electrons. The van der Waals surface area contributed by atoms with Crippen molar-refractivity contribution in [2.45, 2.75) is 30.3 Å². The summed E-state index contributed by atoms with van der Waals surface area (Å²) in [5.41, 5.74) is 3.45. The molecule has 1 N–H and O–H groups in total. The highest BCUT2D eigenvalue weighted by molar-refractivity contribution is 5.60. The minimum absolute atomic E-state index is 0.403. The summed E-state index contributed by atoms with van der Waals surface area (Å²) in [6.07, 6.45) is -0.927. The van der Waals surface area contributed by atoms with Crippen LogP contribution in [-0.2, 0) is 0 Å². The molecule has 15 nitrogen and oxygen atoms in total. The molecule has 318 valence electrons. The lowest BCUT2D eigenvalue weighted by molar-refractivity contribution is -0.260. The van der Waals surface area contributed by atoms with Crippen LogP contribution in [0, 0.1) is 11.8 Å². The fraction of sp³-hybridized carbons (Fsp3) is 0.455. The molecule has 4 aliphatic heterocycles. The molecule has 0 amide bonds. The van der Waals surface area contributed by atoms with Crippen molar-refractivity contribution >= 4 is 0 Å². The number of aliphatic hydroxyl groups excluding tert-OH is 1. The Morgan fingerprint density at radius 1 is 0.339 bits per heavy atom. The average Bonchev–Trinajstić information content (AvgIpc) is 3.28. The van der Waals surface area contributed by atoms with Crippen LogP contribution in [0.2, 0.25) is 0 Å². The van der Waals surface area contributed by atoms with E-state index in [1.54, 1.807) is 85.3 Å². The largest absolute Gasteiger partial charge is 0.493 e. The van der Waals surface area contributed by atoms with E-state index in [0.717, 1.165) is 22.3 Å². The van der Waals surface area contributed by atoms with Crippen molar-refractivity contribution in [1.29, 1.82) is 0 Å². The van der Waals surface area contributed by atoms with Crippen molar-refractivity contribution in [2.24, 2.45) is 11.8 Å². The summed E-state index contributed by atoms with van der Waals surface area (Å²) in [4.78, 5) is 4.85. The topological polar surface area (TPSA) is 137 Å². The number of methoxy groups -OCH3 is 12. The normalized spacial score (nSPS) is 25.1. The number of piperidine rings is 2. The maximum Gasteiger partial charge on any atom is 0.203 e. The summed E-state index contributed by atoms with van der Waals surface area (Å²) in [5, 5.41) is 13.4. The molecule has 4 atom stereocenters. The molecular weight excluding hydrogens is 764 g/mol. The Morgan fingerprint density at radius 3 is 0.678 bits per heavy atom.